The zero-order valence-electron chi connectivity index (χ0n) is 9.11. The Hall–Kier alpha value is -1.76. The Balaban J connectivity index is 3.23. The van der Waals surface area contributed by atoms with Gasteiger partial charge in [0.05, 0.1) is 5.56 Å². The summed E-state index contributed by atoms with van der Waals surface area (Å²) in [7, 11) is 0. The van der Waals surface area contributed by atoms with E-state index in [4.69, 9.17) is 10.4 Å². The summed E-state index contributed by atoms with van der Waals surface area (Å²) in [4.78, 5) is 10.6. The molecule has 0 saturated carbocycles. The summed E-state index contributed by atoms with van der Waals surface area (Å²) in [5.41, 5.74) is 2.38. The molecular weight excluding hydrogens is 192 g/mol. The van der Waals surface area contributed by atoms with Gasteiger partial charge in [0.15, 0.2) is 0 Å². The molecule has 1 aromatic rings. The van der Waals surface area contributed by atoms with E-state index in [1.54, 1.807) is 10.8 Å². The van der Waals surface area contributed by atoms with Crippen LogP contribution >= 0.6 is 0 Å². The highest BCUT2D eigenvalue weighted by Gasteiger charge is 2.16. The normalized spacial score (nSPS) is 10.3. The average molecular weight is 206 g/mol. The van der Waals surface area contributed by atoms with E-state index < -0.39 is 5.97 Å². The molecule has 0 aliphatic heterocycles. The van der Waals surface area contributed by atoms with Crippen molar-refractivity contribution in [2.24, 2.45) is 0 Å². The first kappa shape index (κ1) is 11.3. The predicted octanol–water partition coefficient (Wildman–Crippen LogP) is 1.88. The van der Waals surface area contributed by atoms with Gasteiger partial charge in [0, 0.05) is 11.9 Å². The molecule has 15 heavy (non-hydrogen) atoms. The summed E-state index contributed by atoms with van der Waals surface area (Å²) >= 11 is 0. The lowest BCUT2D eigenvalue weighted by molar-refractivity contribution is -0.137. The number of carboxylic acids is 1. The molecule has 0 spiro atoms. The third-order valence-corrected chi connectivity index (χ3v) is 2.40. The lowest BCUT2D eigenvalue weighted by atomic mass is 10.00. The minimum Gasteiger partial charge on any atom is -0.480 e. The van der Waals surface area contributed by atoms with Gasteiger partial charge in [-0.3, -0.25) is 4.79 Å². The van der Waals surface area contributed by atoms with Gasteiger partial charge in [-0.2, -0.15) is 5.26 Å². The maximum atomic E-state index is 10.6. The van der Waals surface area contributed by atoms with Crippen LogP contribution in [0.3, 0.4) is 0 Å². The van der Waals surface area contributed by atoms with Crippen LogP contribution in [0.2, 0.25) is 0 Å². The van der Waals surface area contributed by atoms with E-state index in [1.165, 1.54) is 0 Å². The molecule has 0 atom stereocenters. The smallest absolute Gasteiger partial charge is 0.323 e. The number of carboxylic acid groups (broad SMARTS) is 1. The molecule has 0 saturated heterocycles. The fourth-order valence-corrected chi connectivity index (χ4v) is 1.80. The Kier molecular flexibility index (Phi) is 3.15. The van der Waals surface area contributed by atoms with Gasteiger partial charge in [-0.05, 0) is 18.4 Å². The van der Waals surface area contributed by atoms with Gasteiger partial charge < -0.3 is 9.67 Å². The van der Waals surface area contributed by atoms with Gasteiger partial charge in [-0.25, -0.2) is 0 Å². The quantitative estimate of drug-likeness (QED) is 0.821. The first-order valence-corrected chi connectivity index (χ1v) is 4.78. The van der Waals surface area contributed by atoms with Gasteiger partial charge in [-0.1, -0.05) is 13.8 Å². The Bertz CT molecular complexity index is 425. The monoisotopic (exact) mass is 206 g/mol. The van der Waals surface area contributed by atoms with Crippen LogP contribution in [0.15, 0.2) is 6.20 Å². The second kappa shape index (κ2) is 4.18. The van der Waals surface area contributed by atoms with E-state index >= 15 is 0 Å². The number of carbonyl (C=O) groups is 1. The number of aliphatic carboxylic acids is 1. The van der Waals surface area contributed by atoms with Crippen molar-refractivity contribution in [1.82, 2.24) is 4.57 Å². The molecule has 80 valence electrons. The van der Waals surface area contributed by atoms with E-state index in [0.717, 1.165) is 11.3 Å². The molecule has 1 N–H and O–H groups in total. The molecule has 0 bridgehead atoms. The van der Waals surface area contributed by atoms with Crippen molar-refractivity contribution in [3.05, 3.63) is 23.0 Å². The molecular formula is C11H14N2O2. The minimum absolute atomic E-state index is 0.0900. The van der Waals surface area contributed by atoms with Gasteiger partial charge in [0.25, 0.3) is 0 Å². The molecule has 0 amide bonds. The van der Waals surface area contributed by atoms with E-state index in [1.807, 2.05) is 20.8 Å². The van der Waals surface area contributed by atoms with E-state index in [2.05, 4.69) is 6.07 Å². The van der Waals surface area contributed by atoms with Crippen LogP contribution in [0, 0.1) is 18.3 Å². The Morgan fingerprint density at radius 1 is 1.67 bits per heavy atom. The molecule has 0 fully saturated rings. The van der Waals surface area contributed by atoms with Crippen molar-refractivity contribution in [3.8, 4) is 6.07 Å². The molecule has 0 unspecified atom stereocenters. The lowest BCUT2D eigenvalue weighted by Gasteiger charge is -2.07. The van der Waals surface area contributed by atoms with Crippen molar-refractivity contribution in [3.63, 3.8) is 0 Å². The highest BCUT2D eigenvalue weighted by molar-refractivity contribution is 5.67. The van der Waals surface area contributed by atoms with Crippen molar-refractivity contribution in [2.45, 2.75) is 33.2 Å². The van der Waals surface area contributed by atoms with Crippen LogP contribution in [0.1, 0.15) is 36.6 Å². The highest BCUT2D eigenvalue weighted by atomic mass is 16.4. The van der Waals surface area contributed by atoms with Crippen LogP contribution in [0.4, 0.5) is 0 Å². The van der Waals surface area contributed by atoms with Crippen molar-refractivity contribution < 1.29 is 9.90 Å². The fourth-order valence-electron chi connectivity index (χ4n) is 1.80. The Morgan fingerprint density at radius 2 is 2.27 bits per heavy atom. The summed E-state index contributed by atoms with van der Waals surface area (Å²) in [6, 6.07) is 2.10. The number of hydrogen-bond acceptors (Lipinski definition) is 2. The summed E-state index contributed by atoms with van der Waals surface area (Å²) in [5.74, 6) is -0.664. The van der Waals surface area contributed by atoms with Crippen molar-refractivity contribution >= 4 is 5.97 Å². The van der Waals surface area contributed by atoms with Gasteiger partial charge in [-0.15, -0.1) is 0 Å². The van der Waals surface area contributed by atoms with Gasteiger partial charge in [0.2, 0.25) is 0 Å². The maximum absolute atomic E-state index is 10.6. The summed E-state index contributed by atoms with van der Waals surface area (Å²) in [6.45, 7) is 5.74. The van der Waals surface area contributed by atoms with E-state index in [9.17, 15) is 4.79 Å². The number of nitriles is 1. The second-order valence-electron chi connectivity index (χ2n) is 3.83. The minimum atomic E-state index is -0.895. The van der Waals surface area contributed by atoms with Crippen molar-refractivity contribution in [2.75, 3.05) is 0 Å². The van der Waals surface area contributed by atoms with Crippen molar-refractivity contribution in [1.29, 1.82) is 5.26 Å². The average Bonchev–Trinajstić information content (AvgIpc) is 2.42. The number of aromatic nitrogens is 1. The van der Waals surface area contributed by atoms with Crippen LogP contribution in [0.5, 0.6) is 0 Å². The lowest BCUT2D eigenvalue weighted by Crippen LogP contribution is -2.09. The third-order valence-electron chi connectivity index (χ3n) is 2.40. The molecule has 0 aliphatic rings. The number of hydrogen-bond donors (Lipinski definition) is 1. The molecule has 0 radical (unpaired) electrons. The van der Waals surface area contributed by atoms with Gasteiger partial charge in [0.1, 0.15) is 12.6 Å². The molecule has 1 aromatic heterocycles. The van der Waals surface area contributed by atoms with Crippen LogP contribution in [-0.4, -0.2) is 15.6 Å². The SMILES string of the molecule is Cc1c(C(C)C)c(C#N)cn1CC(=O)O. The van der Waals surface area contributed by atoms with Gasteiger partial charge >= 0.3 is 5.97 Å². The molecule has 4 nitrogen and oxygen atoms in total. The standard InChI is InChI=1S/C11H14N2O2/c1-7(2)11-8(3)13(6-10(14)15)5-9(11)4-12/h5,7H,6H2,1-3H3,(H,14,15). The maximum Gasteiger partial charge on any atom is 0.323 e. The topological polar surface area (TPSA) is 66.0 Å². The Labute approximate surface area is 88.8 Å². The third kappa shape index (κ3) is 2.18. The highest BCUT2D eigenvalue weighted by Crippen LogP contribution is 2.24. The van der Waals surface area contributed by atoms with E-state index in [0.29, 0.717) is 5.56 Å². The first-order valence-electron chi connectivity index (χ1n) is 4.78. The summed E-state index contributed by atoms with van der Waals surface area (Å²) in [5, 5.41) is 17.6. The zero-order chi connectivity index (χ0) is 11.6. The fraction of sp³-hybridized carbons (Fsp3) is 0.455. The molecule has 1 heterocycles. The molecule has 0 aromatic carbocycles. The van der Waals surface area contributed by atoms with Crippen LogP contribution in [0.25, 0.3) is 0 Å². The zero-order valence-corrected chi connectivity index (χ0v) is 9.11. The summed E-state index contributed by atoms with van der Waals surface area (Å²) < 4.78 is 1.61. The predicted molar refractivity (Wildman–Crippen MR) is 55.6 cm³/mol. The first-order chi connectivity index (χ1) is 6.97. The second-order valence-corrected chi connectivity index (χ2v) is 3.83. The largest absolute Gasteiger partial charge is 0.480 e. The molecule has 4 heteroatoms. The molecule has 0 aliphatic carbocycles. The number of nitrogens with zero attached hydrogens (tertiary/aromatic N) is 2. The van der Waals surface area contributed by atoms with Crippen LogP contribution < -0.4 is 0 Å². The summed E-state index contributed by atoms with van der Waals surface area (Å²) in [6.07, 6.45) is 1.61. The van der Waals surface area contributed by atoms with E-state index in [-0.39, 0.29) is 12.5 Å². The van der Waals surface area contributed by atoms with Crippen LogP contribution in [-0.2, 0) is 11.3 Å². The Morgan fingerprint density at radius 3 is 2.60 bits per heavy atom. The molecule has 1 rings (SSSR count). The number of rotatable bonds is 3.